The van der Waals surface area contributed by atoms with Gasteiger partial charge in [-0.25, -0.2) is 4.98 Å². The van der Waals surface area contributed by atoms with E-state index in [9.17, 15) is 27.6 Å². The SMILES string of the molecule is O=C(CCN1C(=O)c2ccccc2C1=O)CN1CCC(Cn2c(C(F)(F)F)nc3ccccc32)CC1. The van der Waals surface area contributed by atoms with E-state index in [0.29, 0.717) is 48.1 Å². The molecule has 10 heteroatoms. The summed E-state index contributed by atoms with van der Waals surface area (Å²) in [5.74, 6) is -1.68. The van der Waals surface area contributed by atoms with Crippen LogP contribution in [0.5, 0.6) is 0 Å². The van der Waals surface area contributed by atoms with Crippen molar-refractivity contribution in [1.82, 2.24) is 19.4 Å². The van der Waals surface area contributed by atoms with Gasteiger partial charge >= 0.3 is 6.18 Å². The molecule has 3 aromatic rings. The van der Waals surface area contributed by atoms with Crippen LogP contribution in [0.2, 0.25) is 0 Å². The summed E-state index contributed by atoms with van der Waals surface area (Å²) in [7, 11) is 0. The maximum atomic E-state index is 13.6. The molecule has 3 heterocycles. The van der Waals surface area contributed by atoms with E-state index in [0.717, 1.165) is 4.90 Å². The highest BCUT2D eigenvalue weighted by Crippen LogP contribution is 2.33. The number of nitrogens with zero attached hydrogens (tertiary/aromatic N) is 4. The molecule has 0 radical (unpaired) electrons. The standard InChI is InChI=1S/C26H25F3N4O3/c27-26(28,29)25-30-21-7-3-4-8-22(21)33(25)15-17-9-12-31(13-10-17)16-18(34)11-14-32-23(35)19-5-1-2-6-20(19)24(32)36/h1-8,17H,9-16H2. The Bertz CT molecular complexity index is 1290. The molecular formula is C26H25F3N4O3. The van der Waals surface area contributed by atoms with Gasteiger partial charge in [0.2, 0.25) is 5.82 Å². The lowest BCUT2D eigenvalue weighted by molar-refractivity contribution is -0.147. The Balaban J connectivity index is 1.14. The first-order valence-corrected chi connectivity index (χ1v) is 11.9. The van der Waals surface area contributed by atoms with E-state index >= 15 is 0 Å². The molecule has 0 saturated carbocycles. The number of carbonyl (C=O) groups is 3. The molecule has 0 bridgehead atoms. The number of para-hydroxylation sites is 2. The fourth-order valence-electron chi connectivity index (χ4n) is 5.07. The van der Waals surface area contributed by atoms with Crippen LogP contribution >= 0.6 is 0 Å². The normalized spacial score (nSPS) is 17.2. The monoisotopic (exact) mass is 498 g/mol. The summed E-state index contributed by atoms with van der Waals surface area (Å²) in [4.78, 5) is 44.4. The molecule has 0 unspecified atom stereocenters. The maximum Gasteiger partial charge on any atom is 0.449 e. The van der Waals surface area contributed by atoms with Gasteiger partial charge in [0.05, 0.1) is 28.7 Å². The molecule has 0 N–H and O–H groups in total. The Labute approximate surface area is 205 Å². The number of benzene rings is 2. The van der Waals surface area contributed by atoms with Crippen molar-refractivity contribution in [3.05, 3.63) is 65.5 Å². The van der Waals surface area contributed by atoms with E-state index in [2.05, 4.69) is 4.98 Å². The van der Waals surface area contributed by atoms with E-state index in [-0.39, 0.29) is 49.6 Å². The Hall–Kier alpha value is -3.53. The molecular weight excluding hydrogens is 473 g/mol. The van der Waals surface area contributed by atoms with E-state index in [1.54, 1.807) is 48.5 Å². The van der Waals surface area contributed by atoms with Gasteiger partial charge < -0.3 is 4.57 Å². The average Bonchev–Trinajstić information content (AvgIpc) is 3.35. The lowest BCUT2D eigenvalue weighted by Crippen LogP contribution is -2.39. The van der Waals surface area contributed by atoms with E-state index in [1.807, 2.05) is 4.90 Å². The molecule has 1 saturated heterocycles. The molecule has 5 rings (SSSR count). The number of Topliss-reactive ketones (excluding diaryl/α,β-unsaturated/α-hetero) is 1. The zero-order valence-corrected chi connectivity index (χ0v) is 19.5. The number of hydrogen-bond donors (Lipinski definition) is 0. The van der Waals surface area contributed by atoms with Gasteiger partial charge in [-0.1, -0.05) is 24.3 Å². The Morgan fingerprint density at radius 1 is 0.944 bits per heavy atom. The lowest BCUT2D eigenvalue weighted by Gasteiger charge is -2.32. The molecule has 1 aromatic heterocycles. The second-order valence-corrected chi connectivity index (χ2v) is 9.35. The van der Waals surface area contributed by atoms with Crippen molar-refractivity contribution < 1.29 is 27.6 Å². The molecule has 7 nitrogen and oxygen atoms in total. The molecule has 2 amide bonds. The summed E-state index contributed by atoms with van der Waals surface area (Å²) in [5.41, 5.74) is 1.51. The molecule has 2 aliphatic rings. The van der Waals surface area contributed by atoms with Gasteiger partial charge in [-0.05, 0) is 56.1 Å². The number of hydrogen-bond acceptors (Lipinski definition) is 5. The second kappa shape index (κ2) is 9.50. The van der Waals surface area contributed by atoms with Crippen LogP contribution in [0.1, 0.15) is 45.8 Å². The number of amides is 2. The number of alkyl halides is 3. The van der Waals surface area contributed by atoms with Crippen molar-refractivity contribution in [3.8, 4) is 0 Å². The number of imide groups is 1. The van der Waals surface area contributed by atoms with Gasteiger partial charge in [-0.2, -0.15) is 13.2 Å². The molecule has 0 atom stereocenters. The first kappa shape index (κ1) is 24.2. The van der Waals surface area contributed by atoms with E-state index in [1.165, 1.54) is 4.57 Å². The number of ketones is 1. The van der Waals surface area contributed by atoms with E-state index < -0.39 is 12.0 Å². The number of imidazole rings is 1. The van der Waals surface area contributed by atoms with Gasteiger partial charge in [0.15, 0.2) is 0 Å². The summed E-state index contributed by atoms with van der Waals surface area (Å²) in [5, 5.41) is 0. The third kappa shape index (κ3) is 4.65. The third-order valence-corrected chi connectivity index (χ3v) is 6.95. The summed E-state index contributed by atoms with van der Waals surface area (Å²) in [6.07, 6.45) is -3.14. The van der Waals surface area contributed by atoms with Gasteiger partial charge in [0, 0.05) is 19.5 Å². The summed E-state index contributed by atoms with van der Waals surface area (Å²) in [6, 6.07) is 13.2. The minimum absolute atomic E-state index is 0.0356. The largest absolute Gasteiger partial charge is 0.449 e. The van der Waals surface area contributed by atoms with Gasteiger partial charge in [0.1, 0.15) is 5.78 Å². The summed E-state index contributed by atoms with van der Waals surface area (Å²) >= 11 is 0. The lowest BCUT2D eigenvalue weighted by atomic mass is 9.96. The van der Waals surface area contributed by atoms with Crippen LogP contribution in [-0.4, -0.2) is 63.1 Å². The zero-order chi connectivity index (χ0) is 25.4. The van der Waals surface area contributed by atoms with Gasteiger partial charge in [-0.15, -0.1) is 0 Å². The predicted octanol–water partition coefficient (Wildman–Crippen LogP) is 4.02. The summed E-state index contributed by atoms with van der Waals surface area (Å²) < 4.78 is 42.0. The van der Waals surface area contributed by atoms with Crippen molar-refractivity contribution in [2.45, 2.75) is 32.0 Å². The number of piperidine rings is 1. The van der Waals surface area contributed by atoms with Crippen LogP contribution < -0.4 is 0 Å². The zero-order valence-electron chi connectivity index (χ0n) is 19.5. The van der Waals surface area contributed by atoms with Crippen LogP contribution in [0.3, 0.4) is 0 Å². The van der Waals surface area contributed by atoms with Crippen LogP contribution in [0.25, 0.3) is 11.0 Å². The van der Waals surface area contributed by atoms with Crippen LogP contribution in [0, 0.1) is 5.92 Å². The topological polar surface area (TPSA) is 75.5 Å². The second-order valence-electron chi connectivity index (χ2n) is 9.35. The molecule has 0 spiro atoms. The van der Waals surface area contributed by atoms with Crippen LogP contribution in [0.15, 0.2) is 48.5 Å². The highest BCUT2D eigenvalue weighted by Gasteiger charge is 2.38. The van der Waals surface area contributed by atoms with Crippen molar-refractivity contribution in [3.63, 3.8) is 0 Å². The minimum Gasteiger partial charge on any atom is -0.320 e. The van der Waals surface area contributed by atoms with Crippen LogP contribution in [0.4, 0.5) is 13.2 Å². The molecule has 188 valence electrons. The van der Waals surface area contributed by atoms with Gasteiger partial charge in [0.25, 0.3) is 11.8 Å². The number of halogens is 3. The highest BCUT2D eigenvalue weighted by atomic mass is 19.4. The van der Waals surface area contributed by atoms with Crippen molar-refractivity contribution >= 4 is 28.6 Å². The van der Waals surface area contributed by atoms with Crippen LogP contribution in [-0.2, 0) is 17.5 Å². The molecule has 0 aliphatic carbocycles. The first-order valence-electron chi connectivity index (χ1n) is 11.9. The van der Waals surface area contributed by atoms with Crippen molar-refractivity contribution in [2.24, 2.45) is 5.92 Å². The highest BCUT2D eigenvalue weighted by molar-refractivity contribution is 6.21. The smallest absolute Gasteiger partial charge is 0.320 e. The Morgan fingerprint density at radius 3 is 2.19 bits per heavy atom. The number of fused-ring (bicyclic) bond motifs is 2. The number of carbonyl (C=O) groups excluding carboxylic acids is 3. The molecule has 2 aromatic carbocycles. The average molecular weight is 499 g/mol. The fourth-order valence-corrected chi connectivity index (χ4v) is 5.07. The molecule has 2 aliphatic heterocycles. The fraction of sp³-hybridized carbons (Fsp3) is 0.385. The maximum absolute atomic E-state index is 13.6. The molecule has 1 fully saturated rings. The van der Waals surface area contributed by atoms with Crippen molar-refractivity contribution in [2.75, 3.05) is 26.2 Å². The molecule has 36 heavy (non-hydrogen) atoms. The Kier molecular flexibility index (Phi) is 6.38. The first-order chi connectivity index (χ1) is 17.2. The van der Waals surface area contributed by atoms with E-state index in [4.69, 9.17) is 0 Å². The third-order valence-electron chi connectivity index (χ3n) is 6.95. The van der Waals surface area contributed by atoms with Crippen molar-refractivity contribution in [1.29, 1.82) is 0 Å². The predicted molar refractivity (Wildman–Crippen MR) is 125 cm³/mol. The summed E-state index contributed by atoms with van der Waals surface area (Å²) in [6.45, 7) is 1.64. The number of likely N-dealkylation sites (tertiary alicyclic amines) is 1. The Morgan fingerprint density at radius 2 is 1.56 bits per heavy atom. The number of rotatable bonds is 7. The quantitative estimate of drug-likeness (QED) is 0.460. The number of aromatic nitrogens is 2. The minimum atomic E-state index is -4.54. The van der Waals surface area contributed by atoms with Gasteiger partial charge in [-0.3, -0.25) is 24.2 Å².